The number of hydrogen-bond donors (Lipinski definition) is 3. The Morgan fingerprint density at radius 2 is 1.59 bits per heavy atom. The highest BCUT2D eigenvalue weighted by Gasteiger charge is 2.35. The first-order valence-electron chi connectivity index (χ1n) is 6.88. The molecule has 0 fully saturated rings. The molecule has 0 aliphatic heterocycles. The molecule has 3 N–H and O–H groups in total. The Labute approximate surface area is 145 Å². The number of imide groups is 1. The van der Waals surface area contributed by atoms with Crippen molar-refractivity contribution in [2.45, 2.75) is 53.8 Å². The smallest absolute Gasteiger partial charge is 0.260 e. The number of rotatable bonds is 5. The van der Waals surface area contributed by atoms with Crippen LogP contribution in [-0.2, 0) is 17.4 Å². The molecule has 0 aromatic rings. The lowest BCUT2D eigenvalue weighted by molar-refractivity contribution is -0.146. The first-order chi connectivity index (χ1) is 9.79. The predicted octanol–water partition coefficient (Wildman–Crippen LogP) is 0.934. The van der Waals surface area contributed by atoms with E-state index in [1.54, 1.807) is 20.8 Å². The standard InChI is InChI=1S/C14H25IN2O5/c1-13(2,3)7-16-10(19)8(18)9(22-15)11(20)17-12(21)14(4,5)6/h8-9,18H,7H2,1-6H3,(H,16,19)(H,17,20,21)/t8-,9-/m1/s1. The molecule has 22 heavy (non-hydrogen) atoms. The van der Waals surface area contributed by atoms with Crippen LogP contribution in [0.2, 0.25) is 0 Å². The van der Waals surface area contributed by atoms with Gasteiger partial charge in [0.25, 0.3) is 11.8 Å². The third-order valence-corrected chi connectivity index (χ3v) is 3.17. The van der Waals surface area contributed by atoms with Crippen molar-refractivity contribution in [1.29, 1.82) is 0 Å². The molecule has 8 heteroatoms. The largest absolute Gasteiger partial charge is 0.380 e. The maximum absolute atomic E-state index is 12.0. The number of aliphatic hydroxyl groups excluding tert-OH is 1. The van der Waals surface area contributed by atoms with Gasteiger partial charge in [-0.25, -0.2) is 0 Å². The minimum absolute atomic E-state index is 0.166. The summed E-state index contributed by atoms with van der Waals surface area (Å²) in [6.45, 7) is 11.0. The Morgan fingerprint density at radius 1 is 1.09 bits per heavy atom. The van der Waals surface area contributed by atoms with E-state index in [1.807, 2.05) is 20.8 Å². The maximum atomic E-state index is 12.0. The van der Waals surface area contributed by atoms with Crippen molar-refractivity contribution in [3.05, 3.63) is 0 Å². The number of hydrogen-bond acceptors (Lipinski definition) is 5. The average molecular weight is 428 g/mol. The van der Waals surface area contributed by atoms with Crippen molar-refractivity contribution in [2.24, 2.45) is 10.8 Å². The Kier molecular flexibility index (Phi) is 7.93. The van der Waals surface area contributed by atoms with Crippen molar-refractivity contribution < 1.29 is 22.6 Å². The zero-order chi connectivity index (χ0) is 17.7. The van der Waals surface area contributed by atoms with E-state index in [-0.39, 0.29) is 5.41 Å². The molecule has 7 nitrogen and oxygen atoms in total. The van der Waals surface area contributed by atoms with Crippen molar-refractivity contribution in [3.63, 3.8) is 0 Å². The van der Waals surface area contributed by atoms with Crippen LogP contribution in [0.25, 0.3) is 0 Å². The van der Waals surface area contributed by atoms with E-state index in [9.17, 15) is 19.5 Å². The number of aliphatic hydroxyl groups is 1. The van der Waals surface area contributed by atoms with Gasteiger partial charge >= 0.3 is 0 Å². The quantitative estimate of drug-likeness (QED) is 0.566. The van der Waals surface area contributed by atoms with E-state index in [4.69, 9.17) is 3.07 Å². The van der Waals surface area contributed by atoms with Crippen LogP contribution in [0.5, 0.6) is 0 Å². The summed E-state index contributed by atoms with van der Waals surface area (Å²) in [6, 6.07) is 0. The van der Waals surface area contributed by atoms with Gasteiger partial charge in [0.1, 0.15) is 23.0 Å². The highest BCUT2D eigenvalue weighted by atomic mass is 127. The van der Waals surface area contributed by atoms with Crippen LogP contribution in [0.1, 0.15) is 41.5 Å². The summed E-state index contributed by atoms with van der Waals surface area (Å²) in [7, 11) is 0. The second kappa shape index (κ2) is 8.21. The minimum Gasteiger partial charge on any atom is -0.380 e. The van der Waals surface area contributed by atoms with Crippen molar-refractivity contribution in [2.75, 3.05) is 6.54 Å². The molecule has 0 unspecified atom stereocenters. The highest BCUT2D eigenvalue weighted by Crippen LogP contribution is 2.14. The topological polar surface area (TPSA) is 105 Å². The van der Waals surface area contributed by atoms with Crippen molar-refractivity contribution >= 4 is 40.7 Å². The Morgan fingerprint density at radius 3 is 1.95 bits per heavy atom. The van der Waals surface area contributed by atoms with Crippen LogP contribution < -0.4 is 10.6 Å². The molecule has 128 valence electrons. The van der Waals surface area contributed by atoms with Crippen molar-refractivity contribution in [3.8, 4) is 0 Å². The molecule has 0 heterocycles. The van der Waals surface area contributed by atoms with Gasteiger partial charge < -0.3 is 10.4 Å². The lowest BCUT2D eigenvalue weighted by atomic mass is 9.95. The molecule has 0 saturated carbocycles. The van der Waals surface area contributed by atoms with Gasteiger partial charge in [0, 0.05) is 12.0 Å². The van der Waals surface area contributed by atoms with Crippen LogP contribution in [0.3, 0.4) is 0 Å². The lowest BCUT2D eigenvalue weighted by Gasteiger charge is -2.24. The summed E-state index contributed by atoms with van der Waals surface area (Å²) in [5.74, 6) is -2.10. The number of amides is 3. The zero-order valence-electron chi connectivity index (χ0n) is 13.8. The Bertz CT molecular complexity index is 426. The summed E-state index contributed by atoms with van der Waals surface area (Å²) in [4.78, 5) is 35.6. The first kappa shape index (κ1) is 21.3. The average Bonchev–Trinajstić information content (AvgIpc) is 2.34. The summed E-state index contributed by atoms with van der Waals surface area (Å²) in [5, 5.41) is 14.6. The van der Waals surface area contributed by atoms with E-state index in [0.717, 1.165) is 0 Å². The van der Waals surface area contributed by atoms with Gasteiger partial charge in [0.15, 0.2) is 12.2 Å². The molecular formula is C14H25IN2O5. The van der Waals surface area contributed by atoms with E-state index >= 15 is 0 Å². The molecule has 2 atom stereocenters. The monoisotopic (exact) mass is 428 g/mol. The second-order valence-corrected chi connectivity index (χ2v) is 7.81. The van der Waals surface area contributed by atoms with E-state index < -0.39 is 35.3 Å². The minimum atomic E-state index is -1.70. The van der Waals surface area contributed by atoms with Crippen LogP contribution in [0.15, 0.2) is 0 Å². The third kappa shape index (κ3) is 7.50. The van der Waals surface area contributed by atoms with Crippen LogP contribution >= 0.6 is 23.0 Å². The number of halogens is 1. The molecule has 0 saturated heterocycles. The molecule has 0 bridgehead atoms. The van der Waals surface area contributed by atoms with Gasteiger partial charge in [-0.05, 0) is 5.41 Å². The Hall–Kier alpha value is -0.740. The fraction of sp³-hybridized carbons (Fsp3) is 0.786. The summed E-state index contributed by atoms with van der Waals surface area (Å²) >= 11 is 1.41. The number of carbonyl (C=O) groups is 3. The van der Waals surface area contributed by atoms with Crippen LogP contribution in [0.4, 0.5) is 0 Å². The first-order valence-corrected chi connectivity index (χ1v) is 7.76. The molecule has 0 aromatic carbocycles. The van der Waals surface area contributed by atoms with E-state index in [2.05, 4.69) is 10.6 Å². The number of nitrogens with one attached hydrogen (secondary N) is 2. The molecule has 0 aromatic heterocycles. The number of carbonyl (C=O) groups excluding carboxylic acids is 3. The predicted molar refractivity (Wildman–Crippen MR) is 90.0 cm³/mol. The molecular weight excluding hydrogens is 403 g/mol. The molecule has 0 aliphatic carbocycles. The molecule has 0 spiro atoms. The summed E-state index contributed by atoms with van der Waals surface area (Å²) in [5.41, 5.74) is -0.939. The van der Waals surface area contributed by atoms with Gasteiger partial charge in [-0.3, -0.25) is 22.8 Å². The fourth-order valence-electron chi connectivity index (χ4n) is 1.20. The van der Waals surface area contributed by atoms with Gasteiger partial charge in [-0.15, -0.1) is 0 Å². The van der Waals surface area contributed by atoms with Gasteiger partial charge in [-0.2, -0.15) is 0 Å². The molecule has 0 aliphatic rings. The van der Waals surface area contributed by atoms with E-state index in [0.29, 0.717) is 6.54 Å². The third-order valence-electron chi connectivity index (χ3n) is 2.62. The zero-order valence-corrected chi connectivity index (χ0v) is 16.0. The maximum Gasteiger partial charge on any atom is 0.260 e. The Balaban J connectivity index is 4.77. The molecule has 3 amide bonds. The highest BCUT2D eigenvalue weighted by molar-refractivity contribution is 14.1. The summed E-state index contributed by atoms with van der Waals surface area (Å²) in [6.07, 6.45) is -3.17. The van der Waals surface area contributed by atoms with E-state index in [1.165, 1.54) is 23.0 Å². The fourth-order valence-corrected chi connectivity index (χ4v) is 1.71. The van der Waals surface area contributed by atoms with Crippen LogP contribution in [0, 0.1) is 10.8 Å². The second-order valence-electron chi connectivity index (χ2n) is 7.30. The van der Waals surface area contributed by atoms with Crippen LogP contribution in [-0.4, -0.2) is 41.6 Å². The van der Waals surface area contributed by atoms with Gasteiger partial charge in [0.2, 0.25) is 5.91 Å². The van der Waals surface area contributed by atoms with Crippen molar-refractivity contribution in [1.82, 2.24) is 10.6 Å². The SMILES string of the molecule is CC(C)(C)CNC(=O)[C@H](O)[C@@H](OI)C(=O)NC(=O)C(C)(C)C. The van der Waals surface area contributed by atoms with Gasteiger partial charge in [-0.1, -0.05) is 41.5 Å². The van der Waals surface area contributed by atoms with Gasteiger partial charge in [0.05, 0.1) is 0 Å². The lowest BCUT2D eigenvalue weighted by Crippen LogP contribution is -2.53. The summed E-state index contributed by atoms with van der Waals surface area (Å²) < 4.78 is 4.84. The molecule has 0 radical (unpaired) electrons. The molecule has 0 rings (SSSR count). The normalized spacial score (nSPS) is 14.9.